The summed E-state index contributed by atoms with van der Waals surface area (Å²) < 4.78 is 5.48. The van der Waals surface area contributed by atoms with Gasteiger partial charge in [0.2, 0.25) is 5.13 Å². The molecule has 0 spiro atoms. The molecule has 1 aromatic heterocycles. The van der Waals surface area contributed by atoms with Crippen LogP contribution in [-0.4, -0.2) is 34.3 Å². The number of hydrogen-bond acceptors (Lipinski definition) is 10. The van der Waals surface area contributed by atoms with E-state index in [1.54, 1.807) is 30.0 Å². The fourth-order valence-corrected chi connectivity index (χ4v) is 6.35. The zero-order valence-corrected chi connectivity index (χ0v) is 21.2. The van der Waals surface area contributed by atoms with Crippen molar-refractivity contribution in [2.24, 2.45) is 5.73 Å². The van der Waals surface area contributed by atoms with Crippen LogP contribution in [0.25, 0.3) is 0 Å². The molecule has 34 heavy (non-hydrogen) atoms. The number of anilines is 1. The second-order valence-electron chi connectivity index (χ2n) is 7.40. The van der Waals surface area contributed by atoms with Gasteiger partial charge in [-0.25, -0.2) is 0 Å². The number of Topliss-reactive ketones (excluding diaryl/α,β-unsaturated/α-hetero) is 1. The van der Waals surface area contributed by atoms with Gasteiger partial charge in [-0.15, -0.1) is 10.2 Å². The number of nitriles is 1. The van der Waals surface area contributed by atoms with Gasteiger partial charge in [0.05, 0.1) is 29.9 Å². The Morgan fingerprint density at radius 1 is 1.35 bits per heavy atom. The molecule has 0 saturated heterocycles. The molecule has 176 valence electrons. The van der Waals surface area contributed by atoms with Crippen molar-refractivity contribution in [1.29, 1.82) is 5.26 Å². The van der Waals surface area contributed by atoms with Gasteiger partial charge in [0.1, 0.15) is 5.82 Å². The van der Waals surface area contributed by atoms with Gasteiger partial charge in [-0.1, -0.05) is 52.4 Å². The second-order valence-corrected chi connectivity index (χ2v) is 10.4. The predicted molar refractivity (Wildman–Crippen MR) is 132 cm³/mol. The predicted octanol–water partition coefficient (Wildman–Crippen LogP) is 4.80. The van der Waals surface area contributed by atoms with Crippen molar-refractivity contribution in [2.45, 2.75) is 36.4 Å². The number of aromatic nitrogens is 2. The molecule has 1 aromatic carbocycles. The number of carbonyl (C=O) groups excluding carboxylic acids is 2. The van der Waals surface area contributed by atoms with E-state index in [2.05, 4.69) is 16.3 Å². The fourth-order valence-electron chi connectivity index (χ4n) is 4.05. The molecule has 1 aliphatic heterocycles. The van der Waals surface area contributed by atoms with Crippen LogP contribution in [0.5, 0.6) is 0 Å². The van der Waals surface area contributed by atoms with Crippen molar-refractivity contribution in [3.8, 4) is 6.07 Å². The van der Waals surface area contributed by atoms with E-state index < -0.39 is 5.92 Å². The first-order valence-electron chi connectivity index (χ1n) is 10.4. The normalized spacial score (nSPS) is 18.1. The first-order chi connectivity index (χ1) is 16.4. The highest BCUT2D eigenvalue weighted by atomic mass is 35.5. The second kappa shape index (κ2) is 10.4. The van der Waals surface area contributed by atoms with Crippen LogP contribution in [0.15, 0.2) is 45.2 Å². The van der Waals surface area contributed by atoms with Crippen molar-refractivity contribution in [3.05, 3.63) is 56.5 Å². The summed E-state index contributed by atoms with van der Waals surface area (Å²) >= 11 is 15.4. The molecule has 1 aliphatic carbocycles. The number of ketones is 1. The lowest BCUT2D eigenvalue weighted by molar-refractivity contribution is -0.139. The van der Waals surface area contributed by atoms with Crippen LogP contribution in [0.4, 0.5) is 5.13 Å². The third-order valence-corrected chi connectivity index (χ3v) is 8.08. The monoisotopic (exact) mass is 535 g/mol. The summed E-state index contributed by atoms with van der Waals surface area (Å²) in [6, 6.07) is 7.22. The number of esters is 1. The van der Waals surface area contributed by atoms with Gasteiger partial charge in [-0.05, 0) is 31.9 Å². The van der Waals surface area contributed by atoms with Crippen molar-refractivity contribution in [1.82, 2.24) is 10.2 Å². The lowest BCUT2D eigenvalue weighted by Gasteiger charge is -2.38. The summed E-state index contributed by atoms with van der Waals surface area (Å²) in [5.74, 6) is -0.966. The Bertz CT molecular complexity index is 1250. The van der Waals surface area contributed by atoms with Gasteiger partial charge in [-0.2, -0.15) is 5.26 Å². The van der Waals surface area contributed by atoms with Crippen LogP contribution < -0.4 is 10.6 Å². The molecule has 4 rings (SSSR count). The zero-order valence-electron chi connectivity index (χ0n) is 18.0. The van der Waals surface area contributed by atoms with Crippen LogP contribution in [0.1, 0.15) is 37.7 Å². The molecule has 2 N–H and O–H groups in total. The van der Waals surface area contributed by atoms with Crippen LogP contribution >= 0.6 is 46.3 Å². The van der Waals surface area contributed by atoms with E-state index in [4.69, 9.17) is 33.7 Å². The number of rotatable bonds is 6. The van der Waals surface area contributed by atoms with Crippen LogP contribution in [0.3, 0.4) is 0 Å². The molecule has 2 aliphatic rings. The Hall–Kier alpha value is -2.58. The van der Waals surface area contributed by atoms with Crippen molar-refractivity contribution in [3.63, 3.8) is 0 Å². The SMILES string of the molecule is CCOC(=O)CSc1nnc(N2C(N)=C(C#N)C(c3c(Cl)cccc3Cl)C3=C2CCCC3=O)s1. The molecule has 1 atom stereocenters. The summed E-state index contributed by atoms with van der Waals surface area (Å²) in [4.78, 5) is 26.5. The highest BCUT2D eigenvalue weighted by Crippen LogP contribution is 2.49. The van der Waals surface area contributed by atoms with Crippen molar-refractivity contribution < 1.29 is 14.3 Å². The fraction of sp³-hybridized carbons (Fsp3) is 0.318. The smallest absolute Gasteiger partial charge is 0.316 e. The number of hydrogen-bond donors (Lipinski definition) is 1. The molecule has 0 fully saturated rings. The highest BCUT2D eigenvalue weighted by Gasteiger charge is 2.42. The molecule has 0 bridgehead atoms. The summed E-state index contributed by atoms with van der Waals surface area (Å²) in [6.07, 6.45) is 1.54. The van der Waals surface area contributed by atoms with E-state index in [1.165, 1.54) is 23.1 Å². The minimum atomic E-state index is -0.768. The Labute approximate surface area is 214 Å². The van der Waals surface area contributed by atoms with Crippen LogP contribution in [0, 0.1) is 11.3 Å². The molecule has 8 nitrogen and oxygen atoms in total. The number of ether oxygens (including phenoxy) is 1. The quantitative estimate of drug-likeness (QED) is 0.410. The molecular formula is C22H19Cl2N5O3S2. The standard InChI is InChI=1S/C22H19Cl2N5O3S2/c1-2-32-16(31)10-33-22-28-27-21(34-22)29-14-7-4-8-15(30)19(14)17(11(9-25)20(29)26)18-12(23)5-3-6-13(18)24/h3,5-6,17H,2,4,7-8,10,26H2,1H3. The third-order valence-electron chi connectivity index (χ3n) is 5.41. The number of allylic oxidation sites excluding steroid dienone is 3. The first-order valence-corrected chi connectivity index (χ1v) is 12.9. The van der Waals surface area contributed by atoms with Gasteiger partial charge in [0, 0.05) is 33.3 Å². The van der Waals surface area contributed by atoms with E-state index in [-0.39, 0.29) is 28.9 Å². The maximum absolute atomic E-state index is 13.2. The van der Waals surface area contributed by atoms with Crippen LogP contribution in [0.2, 0.25) is 10.0 Å². The Morgan fingerprint density at radius 3 is 2.76 bits per heavy atom. The number of nitrogens with two attached hydrogens (primary N) is 1. The molecule has 2 heterocycles. The van der Waals surface area contributed by atoms with E-state index >= 15 is 0 Å². The van der Waals surface area contributed by atoms with Gasteiger partial charge < -0.3 is 10.5 Å². The minimum absolute atomic E-state index is 0.0890. The first kappa shape index (κ1) is 24.5. The zero-order chi connectivity index (χ0) is 24.4. The van der Waals surface area contributed by atoms with Gasteiger partial charge >= 0.3 is 5.97 Å². The van der Waals surface area contributed by atoms with E-state index in [9.17, 15) is 14.9 Å². The number of halogens is 2. The largest absolute Gasteiger partial charge is 0.465 e. The number of carbonyl (C=O) groups is 2. The summed E-state index contributed by atoms with van der Waals surface area (Å²) in [5, 5.41) is 19.6. The molecule has 0 amide bonds. The molecule has 2 aromatic rings. The third kappa shape index (κ3) is 4.53. The number of benzene rings is 1. The molecule has 0 saturated carbocycles. The number of nitrogens with zero attached hydrogens (tertiary/aromatic N) is 4. The van der Waals surface area contributed by atoms with Crippen molar-refractivity contribution in [2.75, 3.05) is 17.3 Å². The molecular weight excluding hydrogens is 517 g/mol. The average molecular weight is 536 g/mol. The van der Waals surface area contributed by atoms with Gasteiger partial charge in [0.15, 0.2) is 10.1 Å². The Balaban J connectivity index is 1.80. The lowest BCUT2D eigenvalue weighted by Crippen LogP contribution is -2.38. The summed E-state index contributed by atoms with van der Waals surface area (Å²) in [7, 11) is 0. The molecule has 1 unspecified atom stereocenters. The average Bonchev–Trinajstić information content (AvgIpc) is 3.26. The van der Waals surface area contributed by atoms with Crippen LogP contribution in [-0.2, 0) is 14.3 Å². The Morgan fingerprint density at radius 2 is 2.09 bits per heavy atom. The summed E-state index contributed by atoms with van der Waals surface area (Å²) in [5.41, 5.74) is 8.28. The lowest BCUT2D eigenvalue weighted by atomic mass is 9.75. The van der Waals surface area contributed by atoms with E-state index in [0.717, 1.165) is 0 Å². The topological polar surface area (TPSA) is 122 Å². The Kier molecular flexibility index (Phi) is 7.48. The van der Waals surface area contributed by atoms with Crippen molar-refractivity contribution >= 4 is 63.2 Å². The highest BCUT2D eigenvalue weighted by molar-refractivity contribution is 8.01. The van der Waals surface area contributed by atoms with E-state index in [1.807, 2.05) is 0 Å². The van der Waals surface area contributed by atoms with Gasteiger partial charge in [0.25, 0.3) is 0 Å². The summed E-state index contributed by atoms with van der Waals surface area (Å²) in [6.45, 7) is 2.04. The van der Waals surface area contributed by atoms with E-state index in [0.29, 0.717) is 62.2 Å². The molecule has 0 radical (unpaired) electrons. The molecule has 12 heteroatoms. The maximum atomic E-state index is 13.2. The number of thioether (sulfide) groups is 1. The minimum Gasteiger partial charge on any atom is -0.465 e. The maximum Gasteiger partial charge on any atom is 0.316 e. The van der Waals surface area contributed by atoms with Gasteiger partial charge in [-0.3, -0.25) is 14.5 Å².